The van der Waals surface area contributed by atoms with Crippen LogP contribution in [0.2, 0.25) is 0 Å². The van der Waals surface area contributed by atoms with E-state index >= 15 is 0 Å². The number of likely N-dealkylation sites (tertiary alicyclic amines) is 1. The van der Waals surface area contributed by atoms with Crippen molar-refractivity contribution < 1.29 is 9.59 Å². The van der Waals surface area contributed by atoms with Gasteiger partial charge in [0.15, 0.2) is 0 Å². The van der Waals surface area contributed by atoms with Gasteiger partial charge in [-0.15, -0.1) is 11.8 Å². The summed E-state index contributed by atoms with van der Waals surface area (Å²) in [7, 11) is 0. The lowest BCUT2D eigenvalue weighted by atomic mass is 9.97. The van der Waals surface area contributed by atoms with Crippen molar-refractivity contribution in [3.63, 3.8) is 0 Å². The number of rotatable bonds is 5. The van der Waals surface area contributed by atoms with Gasteiger partial charge in [-0.25, -0.2) is 0 Å². The maximum Gasteiger partial charge on any atom is 0.232 e. The fraction of sp³-hybridized carbons (Fsp3) is 0.818. The molecule has 98 valence electrons. The number of thioether (sulfide) groups is 1. The van der Waals surface area contributed by atoms with Crippen molar-refractivity contribution in [1.29, 1.82) is 0 Å². The van der Waals surface area contributed by atoms with Gasteiger partial charge in [0.1, 0.15) is 0 Å². The van der Waals surface area contributed by atoms with Gasteiger partial charge in [0.25, 0.3) is 0 Å². The minimum atomic E-state index is -0.300. The molecule has 4 N–H and O–H groups in total. The zero-order chi connectivity index (χ0) is 12.8. The third kappa shape index (κ3) is 4.55. The second kappa shape index (κ2) is 6.86. The molecule has 0 aromatic heterocycles. The molecule has 2 amide bonds. The summed E-state index contributed by atoms with van der Waals surface area (Å²) < 4.78 is 0. The quantitative estimate of drug-likeness (QED) is 0.715. The fourth-order valence-electron chi connectivity index (χ4n) is 1.81. The van der Waals surface area contributed by atoms with E-state index in [-0.39, 0.29) is 23.0 Å². The van der Waals surface area contributed by atoms with Crippen LogP contribution in [0.25, 0.3) is 0 Å². The minimum Gasteiger partial charge on any atom is -0.369 e. The monoisotopic (exact) mass is 259 g/mol. The normalized spacial score (nSPS) is 22.2. The van der Waals surface area contributed by atoms with Crippen LogP contribution in [0, 0.1) is 5.92 Å². The average Bonchev–Trinajstić information content (AvgIpc) is 2.35. The van der Waals surface area contributed by atoms with Crippen LogP contribution in [0.15, 0.2) is 0 Å². The Morgan fingerprint density at radius 3 is 2.82 bits per heavy atom. The number of carbonyl (C=O) groups excluding carboxylic acids is 2. The SMILES string of the molecule is CC(CN)SCC(=O)N1CCCC(C(N)=O)C1. The van der Waals surface area contributed by atoms with E-state index in [1.807, 2.05) is 6.92 Å². The van der Waals surface area contributed by atoms with Crippen LogP contribution < -0.4 is 11.5 Å². The van der Waals surface area contributed by atoms with Crippen LogP contribution in [0.1, 0.15) is 19.8 Å². The van der Waals surface area contributed by atoms with Crippen LogP contribution >= 0.6 is 11.8 Å². The number of nitrogens with two attached hydrogens (primary N) is 2. The molecule has 1 aliphatic rings. The molecule has 0 aromatic carbocycles. The average molecular weight is 259 g/mol. The molecule has 1 heterocycles. The Labute approximate surface area is 106 Å². The van der Waals surface area contributed by atoms with Crippen LogP contribution in [-0.4, -0.2) is 47.4 Å². The van der Waals surface area contributed by atoms with Gasteiger partial charge in [-0.1, -0.05) is 6.92 Å². The van der Waals surface area contributed by atoms with Gasteiger partial charge in [0.05, 0.1) is 11.7 Å². The summed E-state index contributed by atoms with van der Waals surface area (Å²) in [6.45, 7) is 3.79. The Kier molecular flexibility index (Phi) is 5.77. The highest BCUT2D eigenvalue weighted by Crippen LogP contribution is 2.18. The fourth-order valence-corrected chi connectivity index (χ4v) is 2.55. The Balaban J connectivity index is 2.38. The predicted molar refractivity (Wildman–Crippen MR) is 69.5 cm³/mol. The zero-order valence-corrected chi connectivity index (χ0v) is 11.0. The Bertz CT molecular complexity index is 286. The molecule has 1 saturated heterocycles. The number of carbonyl (C=O) groups is 2. The topological polar surface area (TPSA) is 89.4 Å². The largest absolute Gasteiger partial charge is 0.369 e. The first-order chi connectivity index (χ1) is 8.04. The van der Waals surface area contributed by atoms with Crippen molar-refractivity contribution in [3.8, 4) is 0 Å². The molecule has 17 heavy (non-hydrogen) atoms. The summed E-state index contributed by atoms with van der Waals surface area (Å²) >= 11 is 1.56. The van der Waals surface area contributed by atoms with Crippen LogP contribution in [0.5, 0.6) is 0 Å². The molecule has 6 heteroatoms. The number of amides is 2. The molecular formula is C11H21N3O2S. The Hall–Kier alpha value is -0.750. The van der Waals surface area contributed by atoms with E-state index in [1.165, 1.54) is 0 Å². The van der Waals surface area contributed by atoms with Crippen LogP contribution in [0.3, 0.4) is 0 Å². The van der Waals surface area contributed by atoms with Crippen molar-refractivity contribution in [2.24, 2.45) is 17.4 Å². The van der Waals surface area contributed by atoms with E-state index in [2.05, 4.69) is 0 Å². The van der Waals surface area contributed by atoms with E-state index in [1.54, 1.807) is 16.7 Å². The summed E-state index contributed by atoms with van der Waals surface area (Å²) in [5, 5.41) is 0.288. The first kappa shape index (κ1) is 14.3. The summed E-state index contributed by atoms with van der Waals surface area (Å²) in [5.74, 6) is 0.0421. The summed E-state index contributed by atoms with van der Waals surface area (Å²) in [5.41, 5.74) is 10.8. The van der Waals surface area contributed by atoms with Crippen molar-refractivity contribution in [2.45, 2.75) is 25.0 Å². The lowest BCUT2D eigenvalue weighted by Gasteiger charge is -2.31. The molecule has 0 radical (unpaired) electrons. The molecular weight excluding hydrogens is 238 g/mol. The van der Waals surface area contributed by atoms with E-state index < -0.39 is 0 Å². The van der Waals surface area contributed by atoms with Gasteiger partial charge in [0, 0.05) is 24.9 Å². The van der Waals surface area contributed by atoms with Crippen molar-refractivity contribution in [3.05, 3.63) is 0 Å². The molecule has 1 rings (SSSR count). The third-order valence-corrected chi connectivity index (χ3v) is 4.17. The first-order valence-electron chi connectivity index (χ1n) is 5.93. The van der Waals surface area contributed by atoms with E-state index in [0.717, 1.165) is 19.4 Å². The molecule has 0 spiro atoms. The maximum atomic E-state index is 11.9. The van der Waals surface area contributed by atoms with E-state index in [4.69, 9.17) is 11.5 Å². The van der Waals surface area contributed by atoms with E-state index in [9.17, 15) is 9.59 Å². The van der Waals surface area contributed by atoms with Gasteiger partial charge < -0.3 is 16.4 Å². The highest BCUT2D eigenvalue weighted by molar-refractivity contribution is 8.00. The standard InChI is InChI=1S/C11H21N3O2S/c1-8(5-12)17-7-10(15)14-4-2-3-9(6-14)11(13)16/h8-9H,2-7,12H2,1H3,(H2,13,16). The van der Waals surface area contributed by atoms with Gasteiger partial charge in [-0.2, -0.15) is 0 Å². The molecule has 0 aromatic rings. The maximum absolute atomic E-state index is 11.9. The van der Waals surface area contributed by atoms with Crippen molar-refractivity contribution in [2.75, 3.05) is 25.4 Å². The van der Waals surface area contributed by atoms with Gasteiger partial charge in [0.2, 0.25) is 11.8 Å². The Morgan fingerprint density at radius 1 is 1.53 bits per heavy atom. The van der Waals surface area contributed by atoms with Crippen LogP contribution in [0.4, 0.5) is 0 Å². The highest BCUT2D eigenvalue weighted by atomic mass is 32.2. The van der Waals surface area contributed by atoms with Gasteiger partial charge in [-0.3, -0.25) is 9.59 Å². The number of piperidine rings is 1. The number of nitrogens with zero attached hydrogens (tertiary/aromatic N) is 1. The van der Waals surface area contributed by atoms with Gasteiger partial charge >= 0.3 is 0 Å². The summed E-state index contributed by atoms with van der Waals surface area (Å²) in [6.07, 6.45) is 1.65. The minimum absolute atomic E-state index is 0.0845. The predicted octanol–water partition coefficient (Wildman–Crippen LogP) is -0.209. The van der Waals surface area contributed by atoms with Crippen molar-refractivity contribution in [1.82, 2.24) is 4.90 Å². The lowest BCUT2D eigenvalue weighted by Crippen LogP contribution is -2.44. The number of primary amides is 1. The first-order valence-corrected chi connectivity index (χ1v) is 6.98. The molecule has 1 fully saturated rings. The van der Waals surface area contributed by atoms with E-state index in [0.29, 0.717) is 18.8 Å². The molecule has 2 unspecified atom stereocenters. The molecule has 5 nitrogen and oxygen atoms in total. The molecule has 0 saturated carbocycles. The summed E-state index contributed by atoms with van der Waals surface area (Å²) in [4.78, 5) is 24.7. The number of hydrogen-bond donors (Lipinski definition) is 2. The Morgan fingerprint density at radius 2 is 2.24 bits per heavy atom. The van der Waals surface area contributed by atoms with Crippen molar-refractivity contribution >= 4 is 23.6 Å². The highest BCUT2D eigenvalue weighted by Gasteiger charge is 2.26. The molecule has 0 bridgehead atoms. The third-order valence-electron chi connectivity index (χ3n) is 3.00. The zero-order valence-electron chi connectivity index (χ0n) is 10.2. The molecule has 0 aliphatic carbocycles. The summed E-state index contributed by atoms with van der Waals surface area (Å²) in [6, 6.07) is 0. The second-order valence-electron chi connectivity index (χ2n) is 4.44. The molecule has 1 aliphatic heterocycles. The van der Waals surface area contributed by atoms with Gasteiger partial charge in [-0.05, 0) is 12.8 Å². The molecule has 2 atom stereocenters. The second-order valence-corrected chi connectivity index (χ2v) is 5.87. The lowest BCUT2D eigenvalue weighted by molar-refractivity contribution is -0.132. The number of hydrogen-bond acceptors (Lipinski definition) is 4. The smallest absolute Gasteiger partial charge is 0.232 e. The van der Waals surface area contributed by atoms with Crippen LogP contribution in [-0.2, 0) is 9.59 Å².